The highest BCUT2D eigenvalue weighted by Gasteiger charge is 2.31. The molecule has 0 fully saturated rings. The average Bonchev–Trinajstić information content (AvgIpc) is 2.82. The number of anilines is 2. The first kappa shape index (κ1) is 25.8. The summed E-state index contributed by atoms with van der Waals surface area (Å²) in [6.45, 7) is 0.811. The molecule has 0 spiro atoms. The Morgan fingerprint density at radius 1 is 1.06 bits per heavy atom. The first-order valence-electron chi connectivity index (χ1n) is 10.1. The lowest BCUT2D eigenvalue weighted by Gasteiger charge is -2.26. The zero-order valence-electron chi connectivity index (χ0n) is 19.0. The van der Waals surface area contributed by atoms with E-state index in [2.05, 4.69) is 5.32 Å². The first-order chi connectivity index (χ1) is 16.6. The van der Waals surface area contributed by atoms with Crippen molar-refractivity contribution in [3.05, 3.63) is 81.4 Å². The summed E-state index contributed by atoms with van der Waals surface area (Å²) in [4.78, 5) is 23.4. The number of benzene rings is 3. The number of carbonyl (C=O) groups is 1. The zero-order chi connectivity index (χ0) is 25.8. The van der Waals surface area contributed by atoms with Crippen LogP contribution in [0.1, 0.15) is 5.56 Å². The molecule has 0 aliphatic rings. The normalized spacial score (nSPS) is 11.0. The van der Waals surface area contributed by atoms with Crippen molar-refractivity contribution >= 4 is 44.6 Å². The van der Waals surface area contributed by atoms with Gasteiger partial charge in [-0.05, 0) is 43.3 Å². The molecule has 0 aromatic heterocycles. The summed E-state index contributed by atoms with van der Waals surface area (Å²) in [5.74, 6) is -0.184. The van der Waals surface area contributed by atoms with Crippen molar-refractivity contribution in [2.75, 3.05) is 30.4 Å². The third-order valence-electron chi connectivity index (χ3n) is 5.04. The van der Waals surface area contributed by atoms with Gasteiger partial charge in [0.15, 0.2) is 0 Å². The maximum Gasteiger partial charge on any atom is 0.273 e. The number of carbonyl (C=O) groups excluding carboxylic acids is 1. The Bertz CT molecular complexity index is 1380. The molecule has 3 aromatic carbocycles. The fraction of sp³-hybridized carbons (Fsp3) is 0.174. The molecule has 0 saturated carbocycles. The number of nitrogens with zero attached hydrogens (tertiary/aromatic N) is 2. The van der Waals surface area contributed by atoms with Crippen molar-refractivity contribution < 1.29 is 27.6 Å². The molecule has 0 heterocycles. The molecule has 0 saturated heterocycles. The number of nitro groups is 1. The minimum absolute atomic E-state index is 0.0154. The number of amides is 1. The molecule has 0 aliphatic carbocycles. The molecule has 35 heavy (non-hydrogen) atoms. The van der Waals surface area contributed by atoms with Crippen LogP contribution >= 0.6 is 11.6 Å². The van der Waals surface area contributed by atoms with Gasteiger partial charge in [-0.2, -0.15) is 0 Å². The highest BCUT2D eigenvalue weighted by Crippen LogP contribution is 2.36. The summed E-state index contributed by atoms with van der Waals surface area (Å²) in [6.07, 6.45) is 0. The third-order valence-corrected chi connectivity index (χ3v) is 7.03. The van der Waals surface area contributed by atoms with Crippen LogP contribution in [0.25, 0.3) is 0 Å². The lowest BCUT2D eigenvalue weighted by molar-refractivity contribution is -0.385. The molecule has 3 aromatic rings. The minimum atomic E-state index is -4.48. The fourth-order valence-electron chi connectivity index (χ4n) is 3.30. The van der Waals surface area contributed by atoms with Gasteiger partial charge in [0.2, 0.25) is 5.91 Å². The minimum Gasteiger partial charge on any atom is -0.495 e. The molecule has 12 heteroatoms. The Hall–Kier alpha value is -3.83. The average molecular weight is 520 g/mol. The molecule has 0 radical (unpaired) electrons. The summed E-state index contributed by atoms with van der Waals surface area (Å²) < 4.78 is 38.7. The molecule has 1 amide bonds. The second-order valence-corrected chi connectivity index (χ2v) is 9.58. The summed E-state index contributed by atoms with van der Waals surface area (Å²) in [6, 6.07) is 14.4. The molecular formula is C23H22ClN3O7S. The smallest absolute Gasteiger partial charge is 0.273 e. The number of rotatable bonds is 9. The molecular weight excluding hydrogens is 498 g/mol. The van der Waals surface area contributed by atoms with Crippen LogP contribution in [-0.2, 0) is 14.8 Å². The van der Waals surface area contributed by atoms with Crippen LogP contribution in [0.5, 0.6) is 11.5 Å². The van der Waals surface area contributed by atoms with Gasteiger partial charge in [-0.25, -0.2) is 8.42 Å². The van der Waals surface area contributed by atoms with Crippen LogP contribution < -0.4 is 19.1 Å². The molecule has 0 bridgehead atoms. The SMILES string of the molecule is COc1ccccc1NC(=O)CN(c1cc(Cl)ccc1OC)S(=O)(=O)c1ccc(C)c([N+](=O)[O-])c1. The van der Waals surface area contributed by atoms with Crippen molar-refractivity contribution in [1.29, 1.82) is 0 Å². The van der Waals surface area contributed by atoms with Crippen LogP contribution in [0, 0.1) is 17.0 Å². The molecule has 3 rings (SSSR count). The quantitative estimate of drug-likeness (QED) is 0.327. The number of methoxy groups -OCH3 is 2. The largest absolute Gasteiger partial charge is 0.495 e. The van der Waals surface area contributed by atoms with Crippen LogP contribution in [0.2, 0.25) is 5.02 Å². The van der Waals surface area contributed by atoms with E-state index in [1.807, 2.05) is 0 Å². The van der Waals surface area contributed by atoms with Crippen LogP contribution in [0.4, 0.5) is 17.1 Å². The monoisotopic (exact) mass is 519 g/mol. The highest BCUT2D eigenvalue weighted by atomic mass is 35.5. The number of nitrogens with one attached hydrogen (secondary N) is 1. The van der Waals surface area contributed by atoms with Gasteiger partial charge in [0.05, 0.1) is 35.4 Å². The molecule has 1 N–H and O–H groups in total. The van der Waals surface area contributed by atoms with Gasteiger partial charge in [-0.1, -0.05) is 29.8 Å². The Morgan fingerprint density at radius 2 is 1.74 bits per heavy atom. The van der Waals surface area contributed by atoms with Crippen molar-refractivity contribution in [3.63, 3.8) is 0 Å². The van der Waals surface area contributed by atoms with E-state index in [1.54, 1.807) is 24.3 Å². The molecule has 10 nitrogen and oxygen atoms in total. The van der Waals surface area contributed by atoms with Gasteiger partial charge in [-0.3, -0.25) is 19.2 Å². The van der Waals surface area contributed by atoms with E-state index >= 15 is 0 Å². The predicted molar refractivity (Wildman–Crippen MR) is 132 cm³/mol. The van der Waals surface area contributed by atoms with Crippen molar-refractivity contribution in [3.8, 4) is 11.5 Å². The van der Waals surface area contributed by atoms with E-state index in [0.717, 1.165) is 10.4 Å². The lowest BCUT2D eigenvalue weighted by Crippen LogP contribution is -2.38. The Labute approximate surface area is 207 Å². The van der Waals surface area contributed by atoms with E-state index in [4.69, 9.17) is 21.1 Å². The molecule has 0 aliphatic heterocycles. The number of halogens is 1. The Morgan fingerprint density at radius 3 is 2.40 bits per heavy atom. The number of aryl methyl sites for hydroxylation is 1. The van der Waals surface area contributed by atoms with Crippen LogP contribution in [0.15, 0.2) is 65.6 Å². The van der Waals surface area contributed by atoms with Gasteiger partial charge in [0, 0.05) is 16.7 Å². The predicted octanol–water partition coefficient (Wildman–Crippen LogP) is 4.41. The Balaban J connectivity index is 2.10. The van der Waals surface area contributed by atoms with E-state index < -0.39 is 27.4 Å². The topological polar surface area (TPSA) is 128 Å². The molecule has 0 atom stereocenters. The third kappa shape index (κ3) is 5.64. The summed E-state index contributed by atoms with van der Waals surface area (Å²) in [5.41, 5.74) is 0.233. The summed E-state index contributed by atoms with van der Waals surface area (Å²) in [5, 5.41) is 14.2. The fourth-order valence-corrected chi connectivity index (χ4v) is 4.91. The zero-order valence-corrected chi connectivity index (χ0v) is 20.6. The maximum absolute atomic E-state index is 13.7. The van der Waals surface area contributed by atoms with Crippen LogP contribution in [-0.4, -0.2) is 40.0 Å². The summed E-state index contributed by atoms with van der Waals surface area (Å²) >= 11 is 6.12. The Kier molecular flexibility index (Phi) is 7.82. The van der Waals surface area contributed by atoms with Gasteiger partial charge < -0.3 is 14.8 Å². The van der Waals surface area contributed by atoms with Gasteiger partial charge in [-0.15, -0.1) is 0 Å². The van der Waals surface area contributed by atoms with Crippen molar-refractivity contribution in [2.24, 2.45) is 0 Å². The molecule has 184 valence electrons. The number of para-hydroxylation sites is 2. The summed E-state index contributed by atoms with van der Waals surface area (Å²) in [7, 11) is -1.71. The van der Waals surface area contributed by atoms with Crippen molar-refractivity contribution in [1.82, 2.24) is 0 Å². The van der Waals surface area contributed by atoms with E-state index in [-0.39, 0.29) is 32.6 Å². The first-order valence-corrected chi connectivity index (χ1v) is 11.9. The van der Waals surface area contributed by atoms with Crippen LogP contribution in [0.3, 0.4) is 0 Å². The number of ether oxygens (including phenoxy) is 2. The van der Waals surface area contributed by atoms with E-state index in [0.29, 0.717) is 11.4 Å². The second-order valence-electron chi connectivity index (χ2n) is 7.28. The van der Waals surface area contributed by atoms with Gasteiger partial charge >= 0.3 is 0 Å². The van der Waals surface area contributed by atoms with Gasteiger partial charge in [0.25, 0.3) is 15.7 Å². The number of sulfonamides is 1. The lowest BCUT2D eigenvalue weighted by atomic mass is 10.2. The number of nitro benzene ring substituents is 1. The highest BCUT2D eigenvalue weighted by molar-refractivity contribution is 7.92. The van der Waals surface area contributed by atoms with E-state index in [9.17, 15) is 23.3 Å². The standard InChI is InChI=1S/C23H22ClN3O7S/c1-15-8-10-17(13-19(15)27(29)30)35(31,32)26(20-12-16(24)9-11-22(20)34-3)14-23(28)25-18-6-4-5-7-21(18)33-2/h4-13H,14H2,1-3H3,(H,25,28). The van der Waals surface area contributed by atoms with Gasteiger partial charge in [0.1, 0.15) is 18.0 Å². The second kappa shape index (κ2) is 10.6. The number of hydrogen-bond donors (Lipinski definition) is 1. The molecule has 0 unspecified atom stereocenters. The maximum atomic E-state index is 13.7. The van der Waals surface area contributed by atoms with E-state index in [1.165, 1.54) is 51.5 Å². The number of hydrogen-bond acceptors (Lipinski definition) is 7. The van der Waals surface area contributed by atoms with Crippen molar-refractivity contribution in [2.45, 2.75) is 11.8 Å².